The summed E-state index contributed by atoms with van der Waals surface area (Å²) in [4.78, 5) is 0. The van der Waals surface area contributed by atoms with Gasteiger partial charge in [-0.3, -0.25) is 0 Å². The van der Waals surface area contributed by atoms with E-state index in [1.807, 2.05) is 58.9 Å². The lowest BCUT2D eigenvalue weighted by Gasteiger charge is -2.21. The van der Waals surface area contributed by atoms with Gasteiger partial charge in [0.2, 0.25) is 0 Å². The first-order chi connectivity index (χ1) is 6.56. The van der Waals surface area contributed by atoms with Gasteiger partial charge in [0.25, 0.3) is 0 Å². The molecule has 14 heavy (non-hydrogen) atoms. The normalized spacial score (nSPS) is 13.9. The third-order valence-corrected chi connectivity index (χ3v) is 2.36. The van der Waals surface area contributed by atoms with Gasteiger partial charge in [-0.15, -0.1) is 0 Å². The van der Waals surface area contributed by atoms with Crippen LogP contribution in [-0.4, -0.2) is 5.11 Å². The molecule has 80 valence electrons. The van der Waals surface area contributed by atoms with Gasteiger partial charge < -0.3 is 5.11 Å². The molecule has 1 heteroatoms. The highest BCUT2D eigenvalue weighted by Gasteiger charge is 2.19. The molecular weight excluding hydrogens is 172 g/mol. The number of aliphatic hydroxyl groups is 1. The van der Waals surface area contributed by atoms with Crippen molar-refractivity contribution in [2.24, 2.45) is 0 Å². The summed E-state index contributed by atoms with van der Waals surface area (Å²) in [5.41, 5.74) is 1.55. The Morgan fingerprint density at radius 3 is 1.93 bits per heavy atom. The summed E-state index contributed by atoms with van der Waals surface area (Å²) >= 11 is 0. The Morgan fingerprint density at radius 1 is 1.14 bits per heavy atom. The van der Waals surface area contributed by atoms with Crippen LogP contribution in [0.1, 0.15) is 45.2 Å². The molecule has 0 amide bonds. The van der Waals surface area contributed by atoms with Crippen molar-refractivity contribution in [1.82, 2.24) is 0 Å². The first-order valence-electron chi connectivity index (χ1n) is 5.36. The molecule has 1 aromatic rings. The fourth-order valence-electron chi connectivity index (χ4n) is 1.12. The zero-order valence-electron chi connectivity index (χ0n) is 9.96. The molecule has 0 saturated carbocycles. The molecule has 0 aliphatic rings. The van der Waals surface area contributed by atoms with Crippen LogP contribution in [0.2, 0.25) is 0 Å². The molecule has 0 spiro atoms. The standard InChI is InChI=1S/C11H16O.C2H6/c1-4-11(3,12)10-7-5-9(2)6-8-10;1-2/h5-8,12H,4H2,1-3H3;1-2H3. The Kier molecular flexibility index (Phi) is 5.47. The van der Waals surface area contributed by atoms with E-state index in [4.69, 9.17) is 0 Å². The van der Waals surface area contributed by atoms with Crippen LogP contribution in [0.25, 0.3) is 0 Å². The Hall–Kier alpha value is -0.820. The lowest BCUT2D eigenvalue weighted by molar-refractivity contribution is 0.0531. The van der Waals surface area contributed by atoms with Crippen molar-refractivity contribution in [3.8, 4) is 0 Å². The van der Waals surface area contributed by atoms with E-state index in [0.29, 0.717) is 0 Å². The maximum Gasteiger partial charge on any atom is 0.0865 e. The predicted molar refractivity (Wildman–Crippen MR) is 62.4 cm³/mol. The zero-order valence-corrected chi connectivity index (χ0v) is 9.96. The molecule has 0 aliphatic heterocycles. The molecule has 1 nitrogen and oxygen atoms in total. The molecule has 1 rings (SSSR count). The number of hydrogen-bond donors (Lipinski definition) is 1. The molecule has 1 unspecified atom stereocenters. The van der Waals surface area contributed by atoms with Crippen molar-refractivity contribution in [1.29, 1.82) is 0 Å². The van der Waals surface area contributed by atoms with Crippen molar-refractivity contribution in [2.45, 2.75) is 46.6 Å². The van der Waals surface area contributed by atoms with Crippen molar-refractivity contribution < 1.29 is 5.11 Å². The van der Waals surface area contributed by atoms with Gasteiger partial charge in [0.1, 0.15) is 0 Å². The maximum atomic E-state index is 9.89. The first-order valence-corrected chi connectivity index (χ1v) is 5.36. The number of aryl methyl sites for hydroxylation is 1. The van der Waals surface area contributed by atoms with Gasteiger partial charge in [0.15, 0.2) is 0 Å². The summed E-state index contributed by atoms with van der Waals surface area (Å²) in [6, 6.07) is 8.02. The minimum atomic E-state index is -0.673. The van der Waals surface area contributed by atoms with Crippen LogP contribution in [0.3, 0.4) is 0 Å². The van der Waals surface area contributed by atoms with Crippen LogP contribution in [0, 0.1) is 6.92 Å². The summed E-state index contributed by atoms with van der Waals surface area (Å²) in [6.07, 6.45) is 0.746. The minimum Gasteiger partial charge on any atom is -0.385 e. The van der Waals surface area contributed by atoms with Crippen molar-refractivity contribution in [2.75, 3.05) is 0 Å². The van der Waals surface area contributed by atoms with Gasteiger partial charge in [-0.25, -0.2) is 0 Å². The molecule has 0 fully saturated rings. The van der Waals surface area contributed by atoms with E-state index < -0.39 is 5.60 Å². The fraction of sp³-hybridized carbons (Fsp3) is 0.538. The van der Waals surface area contributed by atoms with E-state index in [1.54, 1.807) is 0 Å². The summed E-state index contributed by atoms with van der Waals surface area (Å²) < 4.78 is 0. The summed E-state index contributed by atoms with van der Waals surface area (Å²) in [5, 5.41) is 9.89. The predicted octanol–water partition coefficient (Wildman–Crippen LogP) is 3.64. The second-order valence-corrected chi connectivity index (χ2v) is 3.49. The Morgan fingerprint density at radius 2 is 1.57 bits per heavy atom. The van der Waals surface area contributed by atoms with Crippen LogP contribution in [0.15, 0.2) is 24.3 Å². The van der Waals surface area contributed by atoms with E-state index >= 15 is 0 Å². The van der Waals surface area contributed by atoms with Gasteiger partial charge in [-0.05, 0) is 25.8 Å². The zero-order chi connectivity index (χ0) is 11.2. The first kappa shape index (κ1) is 13.2. The Bertz CT molecular complexity index is 246. The third-order valence-electron chi connectivity index (χ3n) is 2.36. The van der Waals surface area contributed by atoms with E-state index in [1.165, 1.54) is 5.56 Å². The van der Waals surface area contributed by atoms with E-state index in [0.717, 1.165) is 12.0 Å². The molecule has 1 atom stereocenters. The van der Waals surface area contributed by atoms with E-state index in [2.05, 4.69) is 0 Å². The van der Waals surface area contributed by atoms with Crippen molar-refractivity contribution >= 4 is 0 Å². The Balaban J connectivity index is 0.000000791. The average Bonchev–Trinajstić information content (AvgIpc) is 2.21. The number of hydrogen-bond acceptors (Lipinski definition) is 1. The largest absolute Gasteiger partial charge is 0.385 e. The number of rotatable bonds is 2. The minimum absolute atomic E-state index is 0.673. The molecule has 0 radical (unpaired) electrons. The second kappa shape index (κ2) is 5.82. The van der Waals surface area contributed by atoms with Gasteiger partial charge in [-0.2, -0.15) is 0 Å². The van der Waals surface area contributed by atoms with Gasteiger partial charge in [0.05, 0.1) is 5.60 Å². The van der Waals surface area contributed by atoms with Gasteiger partial charge in [-0.1, -0.05) is 50.6 Å². The lowest BCUT2D eigenvalue weighted by Crippen LogP contribution is -2.19. The molecule has 0 aromatic heterocycles. The van der Waals surface area contributed by atoms with E-state index in [9.17, 15) is 5.11 Å². The van der Waals surface area contributed by atoms with Crippen LogP contribution >= 0.6 is 0 Å². The summed E-state index contributed by atoms with van der Waals surface area (Å²) in [7, 11) is 0. The molecular formula is C13H22O. The molecule has 0 saturated heterocycles. The topological polar surface area (TPSA) is 20.2 Å². The highest BCUT2D eigenvalue weighted by atomic mass is 16.3. The highest BCUT2D eigenvalue weighted by Crippen LogP contribution is 2.23. The molecule has 0 bridgehead atoms. The smallest absolute Gasteiger partial charge is 0.0865 e. The SMILES string of the molecule is CC.CCC(C)(O)c1ccc(C)cc1. The fourth-order valence-corrected chi connectivity index (χ4v) is 1.12. The maximum absolute atomic E-state index is 9.89. The van der Waals surface area contributed by atoms with Crippen LogP contribution < -0.4 is 0 Å². The van der Waals surface area contributed by atoms with Gasteiger partial charge in [0, 0.05) is 0 Å². The van der Waals surface area contributed by atoms with Crippen LogP contribution in [0.4, 0.5) is 0 Å². The monoisotopic (exact) mass is 194 g/mol. The molecule has 1 aromatic carbocycles. The molecule has 1 N–H and O–H groups in total. The van der Waals surface area contributed by atoms with Crippen LogP contribution in [-0.2, 0) is 5.60 Å². The summed E-state index contributed by atoms with van der Waals surface area (Å²) in [5.74, 6) is 0. The van der Waals surface area contributed by atoms with Crippen molar-refractivity contribution in [3.05, 3.63) is 35.4 Å². The van der Waals surface area contributed by atoms with Crippen molar-refractivity contribution in [3.63, 3.8) is 0 Å². The average molecular weight is 194 g/mol. The van der Waals surface area contributed by atoms with Crippen LogP contribution in [0.5, 0.6) is 0 Å². The molecule has 0 heterocycles. The van der Waals surface area contributed by atoms with Gasteiger partial charge >= 0.3 is 0 Å². The number of benzene rings is 1. The molecule has 0 aliphatic carbocycles. The third kappa shape index (κ3) is 3.51. The quantitative estimate of drug-likeness (QED) is 0.762. The Labute approximate surface area is 87.8 Å². The summed E-state index contributed by atoms with van der Waals surface area (Å²) in [6.45, 7) is 9.88. The highest BCUT2D eigenvalue weighted by molar-refractivity contribution is 5.25. The lowest BCUT2D eigenvalue weighted by atomic mass is 9.93. The van der Waals surface area contributed by atoms with E-state index in [-0.39, 0.29) is 0 Å². The second-order valence-electron chi connectivity index (χ2n) is 3.49.